The van der Waals surface area contributed by atoms with Crippen molar-refractivity contribution in [2.75, 3.05) is 6.61 Å². The Balaban J connectivity index is 2.07. The zero-order valence-corrected chi connectivity index (χ0v) is 20.8. The van der Waals surface area contributed by atoms with Gasteiger partial charge >= 0.3 is 0 Å². The van der Waals surface area contributed by atoms with Crippen molar-refractivity contribution in [1.82, 2.24) is 0 Å². The summed E-state index contributed by atoms with van der Waals surface area (Å²) in [5, 5.41) is 0. The van der Waals surface area contributed by atoms with Crippen molar-refractivity contribution in [3.63, 3.8) is 0 Å². The van der Waals surface area contributed by atoms with Crippen LogP contribution < -0.4 is 4.74 Å². The molecule has 2 unspecified atom stereocenters. The number of unbranched alkanes of at least 4 members (excludes halogenated alkanes) is 10. The van der Waals surface area contributed by atoms with Crippen LogP contribution in [0.2, 0.25) is 0 Å². The maximum Gasteiger partial charge on any atom is 0.130 e. The van der Waals surface area contributed by atoms with Crippen molar-refractivity contribution in [2.45, 2.75) is 130 Å². The molecule has 1 heteroatoms. The van der Waals surface area contributed by atoms with Gasteiger partial charge in [0, 0.05) is 6.07 Å². The molecule has 0 aliphatic heterocycles. The van der Waals surface area contributed by atoms with E-state index in [9.17, 15) is 0 Å². The summed E-state index contributed by atoms with van der Waals surface area (Å²) in [6, 6.07) is 9.64. The quantitative estimate of drug-likeness (QED) is 0.193. The summed E-state index contributed by atoms with van der Waals surface area (Å²) in [4.78, 5) is 0. The Morgan fingerprint density at radius 3 is 2.20 bits per heavy atom. The van der Waals surface area contributed by atoms with Crippen molar-refractivity contribution in [3.8, 4) is 5.75 Å². The number of hydrogen-bond acceptors (Lipinski definition) is 1. The van der Waals surface area contributed by atoms with Crippen LogP contribution >= 0.6 is 0 Å². The van der Waals surface area contributed by atoms with Gasteiger partial charge in [-0.2, -0.15) is 0 Å². The van der Waals surface area contributed by atoms with Crippen molar-refractivity contribution >= 4 is 0 Å². The molecule has 30 heavy (non-hydrogen) atoms. The van der Waals surface area contributed by atoms with Gasteiger partial charge in [0.15, 0.2) is 0 Å². The molecule has 173 valence electrons. The van der Waals surface area contributed by atoms with E-state index in [1.165, 1.54) is 102 Å². The van der Waals surface area contributed by atoms with Crippen LogP contribution in [0.15, 0.2) is 18.2 Å². The molecule has 0 saturated heterocycles. The van der Waals surface area contributed by atoms with Gasteiger partial charge < -0.3 is 4.74 Å². The summed E-state index contributed by atoms with van der Waals surface area (Å²) >= 11 is 0. The molecule has 1 aromatic carbocycles. The number of ether oxygens (including phenoxy) is 1. The van der Waals surface area contributed by atoms with Gasteiger partial charge in [0.05, 0.1) is 6.61 Å². The molecule has 0 heterocycles. The van der Waals surface area contributed by atoms with Crippen LogP contribution in [0.25, 0.3) is 0 Å². The largest absolute Gasteiger partial charge is 0.493 e. The van der Waals surface area contributed by atoms with Crippen LogP contribution in [0.1, 0.15) is 130 Å². The van der Waals surface area contributed by atoms with Gasteiger partial charge in [-0.25, -0.2) is 0 Å². The maximum absolute atomic E-state index is 6.06. The molecule has 1 nitrogen and oxygen atoms in total. The minimum absolute atomic E-state index is 0.842. The van der Waals surface area contributed by atoms with Gasteiger partial charge in [0.1, 0.15) is 5.75 Å². The average molecular weight is 416 g/mol. The van der Waals surface area contributed by atoms with E-state index in [-0.39, 0.29) is 0 Å². The zero-order valence-electron chi connectivity index (χ0n) is 20.8. The Labute approximate surface area is 189 Å². The second-order valence-corrected chi connectivity index (χ2v) is 9.66. The number of benzene rings is 1. The summed E-state index contributed by atoms with van der Waals surface area (Å²) in [7, 11) is 0. The lowest BCUT2D eigenvalue weighted by atomic mass is 9.91. The van der Waals surface area contributed by atoms with Crippen LogP contribution in [0.3, 0.4) is 0 Å². The number of aryl methyl sites for hydroxylation is 1. The Bertz CT molecular complexity index is 495. The summed E-state index contributed by atoms with van der Waals surface area (Å²) in [6.45, 7) is 10.3. The van der Waals surface area contributed by atoms with Crippen LogP contribution in [0.4, 0.5) is 0 Å². The van der Waals surface area contributed by atoms with E-state index in [0.29, 0.717) is 0 Å². The third kappa shape index (κ3) is 14.1. The third-order valence-corrected chi connectivity index (χ3v) is 6.54. The molecule has 0 amide bonds. The minimum atomic E-state index is 0.842. The molecule has 0 N–H and O–H groups in total. The van der Waals surface area contributed by atoms with E-state index in [1.807, 2.05) is 6.07 Å². The number of para-hydroxylation sites is 1. The van der Waals surface area contributed by atoms with Crippen LogP contribution in [0.5, 0.6) is 5.75 Å². The normalized spacial score (nSPS) is 13.3. The van der Waals surface area contributed by atoms with Crippen molar-refractivity contribution < 1.29 is 4.74 Å². The molecule has 1 aromatic rings. The van der Waals surface area contributed by atoms with Crippen molar-refractivity contribution in [2.24, 2.45) is 11.8 Å². The molecule has 0 aliphatic carbocycles. The fourth-order valence-electron chi connectivity index (χ4n) is 4.33. The Hall–Kier alpha value is -0.980. The molecule has 0 bridgehead atoms. The van der Waals surface area contributed by atoms with Gasteiger partial charge in [-0.1, -0.05) is 123 Å². The Morgan fingerprint density at radius 2 is 1.47 bits per heavy atom. The van der Waals surface area contributed by atoms with Gasteiger partial charge in [-0.15, -0.1) is 0 Å². The van der Waals surface area contributed by atoms with Crippen molar-refractivity contribution in [1.29, 1.82) is 0 Å². The van der Waals surface area contributed by atoms with Gasteiger partial charge in [0.25, 0.3) is 0 Å². The molecule has 0 fully saturated rings. The van der Waals surface area contributed by atoms with E-state index in [1.54, 1.807) is 0 Å². The summed E-state index contributed by atoms with van der Waals surface area (Å²) in [6.07, 6.45) is 21.4. The molecule has 0 aromatic heterocycles. The highest BCUT2D eigenvalue weighted by Crippen LogP contribution is 2.22. The van der Waals surface area contributed by atoms with E-state index in [0.717, 1.165) is 30.6 Å². The van der Waals surface area contributed by atoms with E-state index in [2.05, 4.69) is 45.9 Å². The average Bonchev–Trinajstić information content (AvgIpc) is 2.75. The molecule has 0 saturated carbocycles. The fraction of sp³-hybridized carbons (Fsp3) is 0.793. The first kappa shape index (κ1) is 27.1. The lowest BCUT2D eigenvalue weighted by Crippen LogP contribution is -2.02. The predicted octanol–water partition coefficient (Wildman–Crippen LogP) is 9.57. The van der Waals surface area contributed by atoms with Gasteiger partial charge in [0.2, 0.25) is 0 Å². The molecular formula is C29H51O. The van der Waals surface area contributed by atoms with E-state index >= 15 is 0 Å². The first-order chi connectivity index (χ1) is 14.7. The van der Waals surface area contributed by atoms with Crippen molar-refractivity contribution in [3.05, 3.63) is 29.8 Å². The number of hydrogen-bond donors (Lipinski definition) is 0. The molecule has 1 rings (SSSR count). The predicted molar refractivity (Wildman–Crippen MR) is 133 cm³/mol. The van der Waals surface area contributed by atoms with Crippen LogP contribution in [-0.4, -0.2) is 6.61 Å². The summed E-state index contributed by atoms with van der Waals surface area (Å²) in [5.74, 6) is 2.81. The molecule has 0 aliphatic rings. The highest BCUT2D eigenvalue weighted by Gasteiger charge is 2.07. The second-order valence-electron chi connectivity index (χ2n) is 9.66. The summed E-state index contributed by atoms with van der Waals surface area (Å²) in [5.41, 5.74) is 1.35. The van der Waals surface area contributed by atoms with E-state index in [4.69, 9.17) is 4.74 Å². The third-order valence-electron chi connectivity index (χ3n) is 6.54. The molecular weight excluding hydrogens is 364 g/mol. The Kier molecular flexibility index (Phi) is 16.9. The molecule has 1 radical (unpaired) electrons. The smallest absolute Gasteiger partial charge is 0.130 e. The molecule has 0 spiro atoms. The first-order valence-electron chi connectivity index (χ1n) is 13.3. The highest BCUT2D eigenvalue weighted by molar-refractivity contribution is 5.32. The monoisotopic (exact) mass is 415 g/mol. The first-order valence-corrected chi connectivity index (χ1v) is 13.3. The second kappa shape index (κ2) is 18.8. The topological polar surface area (TPSA) is 9.23 Å². The van der Waals surface area contributed by atoms with Gasteiger partial charge in [-0.3, -0.25) is 0 Å². The minimum Gasteiger partial charge on any atom is -0.493 e. The molecule has 2 atom stereocenters. The lowest BCUT2D eigenvalue weighted by Gasteiger charge is -2.15. The van der Waals surface area contributed by atoms with Crippen LogP contribution in [0, 0.1) is 17.9 Å². The zero-order chi connectivity index (χ0) is 21.9. The van der Waals surface area contributed by atoms with E-state index < -0.39 is 0 Å². The Morgan fingerprint density at radius 1 is 0.800 bits per heavy atom. The lowest BCUT2D eigenvalue weighted by molar-refractivity contribution is 0.300. The standard InChI is InChI=1S/C29H51O/c1-5-7-8-9-14-19-24-30-29-23-18-17-22-28(29)21-16-13-11-10-12-15-20-27(4)25-26(3)6-2/h17-18,22,26-27H,5-16,19-21,24-25H2,1-4H3. The summed E-state index contributed by atoms with van der Waals surface area (Å²) < 4.78 is 6.06. The van der Waals surface area contributed by atoms with Gasteiger partial charge in [-0.05, 0) is 43.1 Å². The number of rotatable bonds is 20. The SMILES string of the molecule is CCCCCCCCOc1[c]cccc1CCCCCCCCC(C)CC(C)CC. The maximum atomic E-state index is 6.06. The highest BCUT2D eigenvalue weighted by atomic mass is 16.5. The van der Waals surface area contributed by atoms with Crippen LogP contribution in [-0.2, 0) is 6.42 Å². The fourth-order valence-corrected chi connectivity index (χ4v) is 4.33.